The number of hydrogen-bond donors (Lipinski definition) is 0. The van der Waals surface area contributed by atoms with Crippen LogP contribution in [0.4, 0.5) is 0 Å². The SMILES string of the molecule is CCC(C)n1ccc(CC(=O)c2cn(C)nc2C)n1. The fourth-order valence-corrected chi connectivity index (χ4v) is 2.04. The molecule has 19 heavy (non-hydrogen) atoms. The summed E-state index contributed by atoms with van der Waals surface area (Å²) < 4.78 is 3.58. The average Bonchev–Trinajstić information content (AvgIpc) is 2.95. The Morgan fingerprint density at radius 3 is 2.74 bits per heavy atom. The topological polar surface area (TPSA) is 52.7 Å². The molecule has 0 bridgehead atoms. The van der Waals surface area contributed by atoms with Crippen LogP contribution in [0, 0.1) is 6.92 Å². The summed E-state index contributed by atoms with van der Waals surface area (Å²) in [7, 11) is 1.82. The Balaban J connectivity index is 2.11. The fraction of sp³-hybridized carbons (Fsp3) is 0.500. The molecular formula is C14H20N4O. The molecule has 0 aliphatic heterocycles. The maximum Gasteiger partial charge on any atom is 0.172 e. The van der Waals surface area contributed by atoms with Gasteiger partial charge in [-0.3, -0.25) is 14.2 Å². The molecule has 2 aromatic rings. The van der Waals surface area contributed by atoms with Crippen molar-refractivity contribution in [2.75, 3.05) is 0 Å². The standard InChI is InChI=1S/C14H20N4O/c1-5-10(2)18-7-6-12(16-18)8-14(19)13-9-17(4)15-11(13)3/h6-7,9-10H,5,8H2,1-4H3. The molecular weight excluding hydrogens is 240 g/mol. The predicted octanol–water partition coefficient (Wildman–Crippen LogP) is 2.32. The van der Waals surface area contributed by atoms with Crippen molar-refractivity contribution in [1.29, 1.82) is 0 Å². The van der Waals surface area contributed by atoms with E-state index in [0.29, 0.717) is 18.0 Å². The van der Waals surface area contributed by atoms with Crippen LogP contribution in [0.15, 0.2) is 18.5 Å². The molecule has 1 atom stereocenters. The van der Waals surface area contributed by atoms with Crippen LogP contribution in [0.5, 0.6) is 0 Å². The lowest BCUT2D eigenvalue weighted by Gasteiger charge is -2.07. The number of aromatic nitrogens is 4. The molecule has 2 rings (SSSR count). The first-order valence-corrected chi connectivity index (χ1v) is 6.58. The Morgan fingerprint density at radius 2 is 2.16 bits per heavy atom. The van der Waals surface area contributed by atoms with Crippen molar-refractivity contribution in [3.63, 3.8) is 0 Å². The van der Waals surface area contributed by atoms with E-state index in [0.717, 1.165) is 17.8 Å². The number of carbonyl (C=O) groups excluding carboxylic acids is 1. The molecule has 5 nitrogen and oxygen atoms in total. The van der Waals surface area contributed by atoms with E-state index in [1.54, 1.807) is 10.9 Å². The highest BCUT2D eigenvalue weighted by atomic mass is 16.1. The first kappa shape index (κ1) is 13.5. The first-order chi connectivity index (χ1) is 9.01. The van der Waals surface area contributed by atoms with Gasteiger partial charge in [0, 0.05) is 25.5 Å². The summed E-state index contributed by atoms with van der Waals surface area (Å²) >= 11 is 0. The third kappa shape index (κ3) is 2.92. The lowest BCUT2D eigenvalue weighted by Crippen LogP contribution is -2.08. The van der Waals surface area contributed by atoms with E-state index < -0.39 is 0 Å². The van der Waals surface area contributed by atoms with Crippen LogP contribution in [0.25, 0.3) is 0 Å². The third-order valence-corrected chi connectivity index (χ3v) is 3.36. The quantitative estimate of drug-likeness (QED) is 0.775. The van der Waals surface area contributed by atoms with E-state index >= 15 is 0 Å². The van der Waals surface area contributed by atoms with Crippen LogP contribution in [0.3, 0.4) is 0 Å². The molecule has 2 aromatic heterocycles. The summed E-state index contributed by atoms with van der Waals surface area (Å²) in [5, 5.41) is 8.64. The van der Waals surface area contributed by atoms with Crippen LogP contribution >= 0.6 is 0 Å². The number of rotatable bonds is 5. The summed E-state index contributed by atoms with van der Waals surface area (Å²) in [6, 6.07) is 2.28. The van der Waals surface area contributed by atoms with Crippen molar-refractivity contribution in [1.82, 2.24) is 19.6 Å². The monoisotopic (exact) mass is 260 g/mol. The van der Waals surface area contributed by atoms with Gasteiger partial charge < -0.3 is 0 Å². The highest BCUT2D eigenvalue weighted by Gasteiger charge is 2.15. The summed E-state index contributed by atoms with van der Waals surface area (Å²) in [6.07, 6.45) is 5.06. The van der Waals surface area contributed by atoms with E-state index in [1.165, 1.54) is 0 Å². The molecule has 5 heteroatoms. The van der Waals surface area contributed by atoms with E-state index in [4.69, 9.17) is 0 Å². The zero-order valence-electron chi connectivity index (χ0n) is 11.9. The van der Waals surface area contributed by atoms with Gasteiger partial charge in [0.05, 0.1) is 23.4 Å². The molecule has 2 heterocycles. The highest BCUT2D eigenvalue weighted by Crippen LogP contribution is 2.12. The Kier molecular flexibility index (Phi) is 3.83. The van der Waals surface area contributed by atoms with Gasteiger partial charge in [-0.25, -0.2) is 0 Å². The number of aryl methyl sites for hydroxylation is 2. The molecule has 0 saturated heterocycles. The van der Waals surface area contributed by atoms with Gasteiger partial charge in [-0.15, -0.1) is 0 Å². The van der Waals surface area contributed by atoms with Crippen LogP contribution in [-0.2, 0) is 13.5 Å². The van der Waals surface area contributed by atoms with Crippen LogP contribution < -0.4 is 0 Å². The second kappa shape index (κ2) is 5.38. The van der Waals surface area contributed by atoms with E-state index in [2.05, 4.69) is 24.0 Å². The fourth-order valence-electron chi connectivity index (χ4n) is 2.04. The Hall–Kier alpha value is -1.91. The molecule has 0 aromatic carbocycles. The average molecular weight is 260 g/mol. The molecule has 0 amide bonds. The van der Waals surface area contributed by atoms with Gasteiger partial charge in [-0.1, -0.05) is 6.92 Å². The lowest BCUT2D eigenvalue weighted by atomic mass is 10.1. The normalized spacial score (nSPS) is 12.6. The second-order valence-corrected chi connectivity index (χ2v) is 4.95. The van der Waals surface area contributed by atoms with Gasteiger partial charge in [0.1, 0.15) is 0 Å². The van der Waals surface area contributed by atoms with Gasteiger partial charge >= 0.3 is 0 Å². The summed E-state index contributed by atoms with van der Waals surface area (Å²) in [6.45, 7) is 6.09. The van der Waals surface area contributed by atoms with Gasteiger partial charge in [0.2, 0.25) is 0 Å². The van der Waals surface area contributed by atoms with Gasteiger partial charge in [0.15, 0.2) is 5.78 Å². The third-order valence-electron chi connectivity index (χ3n) is 3.36. The van der Waals surface area contributed by atoms with Crippen molar-refractivity contribution < 1.29 is 4.79 Å². The summed E-state index contributed by atoms with van der Waals surface area (Å²) in [5.41, 5.74) is 2.27. The van der Waals surface area contributed by atoms with Crippen molar-refractivity contribution in [2.24, 2.45) is 7.05 Å². The molecule has 0 N–H and O–H groups in total. The highest BCUT2D eigenvalue weighted by molar-refractivity contribution is 5.98. The Morgan fingerprint density at radius 1 is 1.42 bits per heavy atom. The summed E-state index contributed by atoms with van der Waals surface area (Å²) in [5.74, 6) is 0.0694. The van der Waals surface area contributed by atoms with Crippen molar-refractivity contribution in [3.05, 3.63) is 35.4 Å². The van der Waals surface area contributed by atoms with E-state index in [9.17, 15) is 4.79 Å². The number of Topliss-reactive ketones (excluding diaryl/α,β-unsaturated/α-hetero) is 1. The molecule has 0 radical (unpaired) electrons. The number of ketones is 1. The molecule has 102 valence electrons. The molecule has 0 saturated carbocycles. The van der Waals surface area contributed by atoms with Gasteiger partial charge in [-0.05, 0) is 26.3 Å². The minimum atomic E-state index is 0.0694. The first-order valence-electron chi connectivity index (χ1n) is 6.58. The Bertz CT molecular complexity index is 582. The zero-order valence-corrected chi connectivity index (χ0v) is 11.9. The smallest absolute Gasteiger partial charge is 0.172 e. The number of carbonyl (C=O) groups is 1. The minimum absolute atomic E-state index is 0.0694. The molecule has 0 aliphatic carbocycles. The van der Waals surface area contributed by atoms with Crippen molar-refractivity contribution in [3.8, 4) is 0 Å². The van der Waals surface area contributed by atoms with Crippen LogP contribution in [-0.4, -0.2) is 25.3 Å². The summed E-state index contributed by atoms with van der Waals surface area (Å²) in [4.78, 5) is 12.2. The maximum atomic E-state index is 12.2. The minimum Gasteiger partial charge on any atom is -0.294 e. The van der Waals surface area contributed by atoms with Crippen molar-refractivity contribution >= 4 is 5.78 Å². The second-order valence-electron chi connectivity index (χ2n) is 4.95. The van der Waals surface area contributed by atoms with Gasteiger partial charge in [0.25, 0.3) is 0 Å². The van der Waals surface area contributed by atoms with Gasteiger partial charge in [-0.2, -0.15) is 10.2 Å². The van der Waals surface area contributed by atoms with Crippen LogP contribution in [0.2, 0.25) is 0 Å². The Labute approximate surface area is 113 Å². The maximum absolute atomic E-state index is 12.2. The van der Waals surface area contributed by atoms with E-state index in [-0.39, 0.29) is 5.78 Å². The molecule has 0 spiro atoms. The molecule has 1 unspecified atom stereocenters. The lowest BCUT2D eigenvalue weighted by molar-refractivity contribution is 0.0991. The van der Waals surface area contributed by atoms with Crippen molar-refractivity contribution in [2.45, 2.75) is 39.7 Å². The largest absolute Gasteiger partial charge is 0.294 e. The zero-order chi connectivity index (χ0) is 14.0. The molecule has 0 aliphatic rings. The number of nitrogens with zero attached hydrogens (tertiary/aromatic N) is 4. The predicted molar refractivity (Wildman–Crippen MR) is 73.2 cm³/mol. The molecule has 0 fully saturated rings. The number of hydrogen-bond acceptors (Lipinski definition) is 3. The van der Waals surface area contributed by atoms with Crippen LogP contribution in [0.1, 0.15) is 48.1 Å². The van der Waals surface area contributed by atoms with E-state index in [1.807, 2.05) is 30.9 Å².